The average molecular weight is 370 g/mol. The second-order valence-corrected chi connectivity index (χ2v) is 5.66. The second-order valence-electron chi connectivity index (χ2n) is 4.58. The van der Waals surface area contributed by atoms with Gasteiger partial charge in [-0.2, -0.15) is 0 Å². The highest BCUT2D eigenvalue weighted by Gasteiger charge is 2.18. The summed E-state index contributed by atoms with van der Waals surface area (Å²) in [4.78, 5) is 0. The third-order valence-corrected chi connectivity index (χ3v) is 4.73. The van der Waals surface area contributed by atoms with Gasteiger partial charge >= 0.3 is 0 Å². The van der Waals surface area contributed by atoms with Crippen LogP contribution in [-0.4, -0.2) is 0 Å². The van der Waals surface area contributed by atoms with Crippen molar-refractivity contribution in [1.82, 2.24) is 5.43 Å². The van der Waals surface area contributed by atoms with E-state index in [-0.39, 0.29) is 11.9 Å². The molecule has 0 aliphatic carbocycles. The predicted molar refractivity (Wildman–Crippen MR) is 84.2 cm³/mol. The molecule has 0 aromatic heterocycles. The molecule has 2 aromatic carbocycles. The summed E-state index contributed by atoms with van der Waals surface area (Å²) in [6, 6.07) is 10.6. The molecule has 2 nitrogen and oxygen atoms in total. The number of hydrazine groups is 1. The van der Waals surface area contributed by atoms with Crippen LogP contribution in [0, 0.1) is 23.2 Å². The minimum Gasteiger partial charge on any atom is -0.271 e. The first-order valence-electron chi connectivity index (χ1n) is 6.01. The van der Waals surface area contributed by atoms with Gasteiger partial charge in [0, 0.05) is 3.57 Å². The van der Waals surface area contributed by atoms with E-state index < -0.39 is 0 Å². The Hall–Kier alpha value is -0.980. The Labute approximate surface area is 126 Å². The average Bonchev–Trinajstić information content (AvgIpc) is 2.39. The molecule has 0 saturated carbocycles. The molecule has 100 valence electrons. The van der Waals surface area contributed by atoms with Gasteiger partial charge < -0.3 is 0 Å². The molecule has 0 bridgehead atoms. The van der Waals surface area contributed by atoms with Crippen LogP contribution >= 0.6 is 22.6 Å². The number of hydrogen-bond acceptors (Lipinski definition) is 2. The normalized spacial score (nSPS) is 12.5. The zero-order valence-corrected chi connectivity index (χ0v) is 13.0. The highest BCUT2D eigenvalue weighted by molar-refractivity contribution is 14.1. The van der Waals surface area contributed by atoms with E-state index in [9.17, 15) is 4.39 Å². The van der Waals surface area contributed by atoms with Gasteiger partial charge in [0.05, 0.1) is 6.04 Å². The monoisotopic (exact) mass is 370 g/mol. The van der Waals surface area contributed by atoms with Gasteiger partial charge in [0.2, 0.25) is 0 Å². The number of benzene rings is 2. The summed E-state index contributed by atoms with van der Waals surface area (Å²) in [7, 11) is 0. The molecule has 0 spiro atoms. The van der Waals surface area contributed by atoms with Crippen LogP contribution in [0.2, 0.25) is 0 Å². The van der Waals surface area contributed by atoms with Crippen LogP contribution in [-0.2, 0) is 0 Å². The van der Waals surface area contributed by atoms with Crippen LogP contribution in [0.25, 0.3) is 0 Å². The number of hydrogen-bond donors (Lipinski definition) is 2. The predicted octanol–water partition coefficient (Wildman–Crippen LogP) is 3.60. The molecule has 19 heavy (non-hydrogen) atoms. The highest BCUT2D eigenvalue weighted by Crippen LogP contribution is 2.29. The third-order valence-electron chi connectivity index (χ3n) is 3.25. The van der Waals surface area contributed by atoms with Crippen LogP contribution in [0.1, 0.15) is 28.3 Å². The summed E-state index contributed by atoms with van der Waals surface area (Å²) >= 11 is 2.30. The van der Waals surface area contributed by atoms with Gasteiger partial charge in [-0.15, -0.1) is 0 Å². The summed E-state index contributed by atoms with van der Waals surface area (Å²) in [5, 5.41) is 0. The van der Waals surface area contributed by atoms with Gasteiger partial charge in [-0.25, -0.2) is 9.82 Å². The molecule has 0 fully saturated rings. The van der Waals surface area contributed by atoms with Crippen molar-refractivity contribution in [1.29, 1.82) is 0 Å². The van der Waals surface area contributed by atoms with E-state index in [0.717, 1.165) is 20.3 Å². The third kappa shape index (κ3) is 2.96. The van der Waals surface area contributed by atoms with Crippen LogP contribution in [0.5, 0.6) is 0 Å². The lowest BCUT2D eigenvalue weighted by Gasteiger charge is -2.21. The summed E-state index contributed by atoms with van der Waals surface area (Å²) in [5.74, 6) is 5.45. The largest absolute Gasteiger partial charge is 0.271 e. The van der Waals surface area contributed by atoms with E-state index in [4.69, 9.17) is 5.84 Å². The lowest BCUT2D eigenvalue weighted by molar-refractivity contribution is 0.601. The second kappa shape index (κ2) is 5.98. The van der Waals surface area contributed by atoms with Crippen molar-refractivity contribution >= 4 is 22.6 Å². The van der Waals surface area contributed by atoms with E-state index in [1.54, 1.807) is 6.07 Å². The molecular weight excluding hydrogens is 354 g/mol. The molecule has 0 aliphatic heterocycles. The van der Waals surface area contributed by atoms with Gasteiger partial charge in [-0.05, 0) is 70.8 Å². The molecule has 1 unspecified atom stereocenters. The maximum atomic E-state index is 13.5. The van der Waals surface area contributed by atoms with E-state index in [1.165, 1.54) is 17.7 Å². The minimum atomic E-state index is -0.247. The van der Waals surface area contributed by atoms with E-state index >= 15 is 0 Å². The molecule has 0 heterocycles. The van der Waals surface area contributed by atoms with Crippen molar-refractivity contribution in [3.8, 4) is 0 Å². The maximum absolute atomic E-state index is 13.5. The fraction of sp³-hybridized carbons (Fsp3) is 0.200. The Kier molecular flexibility index (Phi) is 4.54. The van der Waals surface area contributed by atoms with Crippen molar-refractivity contribution in [3.63, 3.8) is 0 Å². The fourth-order valence-corrected chi connectivity index (χ4v) is 2.83. The molecule has 0 saturated heterocycles. The van der Waals surface area contributed by atoms with Crippen LogP contribution in [0.3, 0.4) is 0 Å². The lowest BCUT2D eigenvalue weighted by atomic mass is 9.94. The Bertz CT molecular complexity index is 597. The van der Waals surface area contributed by atoms with E-state index in [1.807, 2.05) is 19.1 Å². The highest BCUT2D eigenvalue weighted by atomic mass is 127. The maximum Gasteiger partial charge on any atom is 0.123 e. The summed E-state index contributed by atoms with van der Waals surface area (Å²) < 4.78 is 14.6. The van der Waals surface area contributed by atoms with Crippen molar-refractivity contribution in [2.24, 2.45) is 5.84 Å². The lowest BCUT2D eigenvalue weighted by Crippen LogP contribution is -2.30. The molecular formula is C15H16FIN2. The Morgan fingerprint density at radius 1 is 1.11 bits per heavy atom. The van der Waals surface area contributed by atoms with Crippen molar-refractivity contribution < 1.29 is 4.39 Å². The van der Waals surface area contributed by atoms with Crippen molar-refractivity contribution in [3.05, 3.63) is 68.0 Å². The molecule has 4 heteroatoms. The molecule has 0 aliphatic rings. The molecule has 0 amide bonds. The number of nitrogens with one attached hydrogen (secondary N) is 1. The van der Waals surface area contributed by atoms with E-state index in [0.29, 0.717) is 0 Å². The molecule has 1 atom stereocenters. The number of aryl methyl sites for hydroxylation is 2. The van der Waals surface area contributed by atoms with Crippen molar-refractivity contribution in [2.75, 3.05) is 0 Å². The molecule has 2 rings (SSSR count). The number of halogens is 2. The summed E-state index contributed by atoms with van der Waals surface area (Å²) in [6.45, 7) is 4.01. The fourth-order valence-electron chi connectivity index (χ4n) is 2.16. The molecule has 2 aromatic rings. The minimum absolute atomic E-state index is 0.206. The van der Waals surface area contributed by atoms with Gasteiger partial charge in [0.15, 0.2) is 0 Å². The number of rotatable bonds is 3. The smallest absolute Gasteiger partial charge is 0.123 e. The van der Waals surface area contributed by atoms with Crippen LogP contribution < -0.4 is 11.3 Å². The number of nitrogens with two attached hydrogens (primary N) is 1. The Balaban J connectivity index is 2.56. The first-order valence-corrected chi connectivity index (χ1v) is 7.09. The first-order chi connectivity index (χ1) is 9.04. The Morgan fingerprint density at radius 2 is 1.84 bits per heavy atom. The molecule has 3 N–H and O–H groups in total. The van der Waals surface area contributed by atoms with Crippen LogP contribution in [0.4, 0.5) is 4.39 Å². The summed E-state index contributed by atoms with van der Waals surface area (Å²) in [5.41, 5.74) is 6.94. The molecule has 0 radical (unpaired) electrons. The first kappa shape index (κ1) is 14.4. The van der Waals surface area contributed by atoms with Gasteiger partial charge in [-0.3, -0.25) is 5.84 Å². The zero-order valence-electron chi connectivity index (χ0n) is 10.9. The van der Waals surface area contributed by atoms with E-state index in [2.05, 4.69) is 41.0 Å². The van der Waals surface area contributed by atoms with Crippen molar-refractivity contribution in [2.45, 2.75) is 19.9 Å². The Morgan fingerprint density at radius 3 is 2.53 bits per heavy atom. The van der Waals surface area contributed by atoms with Crippen LogP contribution in [0.15, 0.2) is 36.4 Å². The zero-order chi connectivity index (χ0) is 14.0. The SMILES string of the molecule is Cc1ccc(F)cc1C(NN)c1cccc(C)c1I. The summed E-state index contributed by atoms with van der Waals surface area (Å²) in [6.07, 6.45) is 0. The standard InChI is InChI=1S/C15H16FIN2/c1-9-6-7-11(16)8-13(9)15(19-18)12-5-3-4-10(2)14(12)17/h3-8,15,19H,18H2,1-2H3. The quantitative estimate of drug-likeness (QED) is 0.492. The van der Waals surface area contributed by atoms with Gasteiger partial charge in [0.1, 0.15) is 5.82 Å². The van der Waals surface area contributed by atoms with Gasteiger partial charge in [-0.1, -0.05) is 24.3 Å². The van der Waals surface area contributed by atoms with Gasteiger partial charge in [0.25, 0.3) is 0 Å². The topological polar surface area (TPSA) is 38.0 Å².